The molecule has 0 aromatic heterocycles. The molecule has 0 aromatic carbocycles. The van der Waals surface area contributed by atoms with Gasteiger partial charge in [0.05, 0.1) is 6.61 Å². The molecule has 1 heterocycles. The van der Waals surface area contributed by atoms with E-state index in [0.717, 1.165) is 25.9 Å². The molecule has 3 unspecified atom stereocenters. The van der Waals surface area contributed by atoms with E-state index in [0.29, 0.717) is 31.0 Å². The topological polar surface area (TPSA) is 58.8 Å². The van der Waals surface area contributed by atoms with Crippen molar-refractivity contribution in [2.45, 2.75) is 38.3 Å². The summed E-state index contributed by atoms with van der Waals surface area (Å²) in [4.78, 5) is 16.9. The Hall–Kier alpha value is -0.650. The third-order valence-corrected chi connectivity index (χ3v) is 4.76. The van der Waals surface area contributed by atoms with Gasteiger partial charge in [-0.1, -0.05) is 6.92 Å². The first-order chi connectivity index (χ1) is 9.38. The van der Waals surface area contributed by atoms with E-state index in [1.807, 2.05) is 6.92 Å². The van der Waals surface area contributed by atoms with Gasteiger partial charge in [0.15, 0.2) is 0 Å². The van der Waals surface area contributed by atoms with E-state index in [2.05, 4.69) is 30.8 Å². The van der Waals surface area contributed by atoms with Crippen molar-refractivity contribution in [2.24, 2.45) is 17.6 Å². The lowest BCUT2D eigenvalue weighted by molar-refractivity contribution is -0.151. The standard InChI is InChI=1S/C15H29N3O2/c1-5-20-14(19)15(16,12-6-7-12)10-18-8-11(2)13(9-18)17(3)4/h11-13H,5-10,16H2,1-4H3. The van der Waals surface area contributed by atoms with Crippen LogP contribution in [0.5, 0.6) is 0 Å². The first-order valence-corrected chi connectivity index (χ1v) is 7.73. The van der Waals surface area contributed by atoms with Crippen molar-refractivity contribution in [3.63, 3.8) is 0 Å². The Morgan fingerprint density at radius 2 is 2.05 bits per heavy atom. The third-order valence-electron chi connectivity index (χ3n) is 4.76. The van der Waals surface area contributed by atoms with Crippen LogP contribution in [-0.2, 0) is 9.53 Å². The molecule has 0 spiro atoms. The maximum atomic E-state index is 12.2. The molecule has 1 aliphatic heterocycles. The minimum atomic E-state index is -0.809. The molecule has 1 aliphatic carbocycles. The van der Waals surface area contributed by atoms with Crippen LogP contribution in [0.4, 0.5) is 0 Å². The monoisotopic (exact) mass is 283 g/mol. The molecule has 5 heteroatoms. The fourth-order valence-electron chi connectivity index (χ4n) is 3.44. The summed E-state index contributed by atoms with van der Waals surface area (Å²) in [5, 5.41) is 0. The molecule has 116 valence electrons. The number of hydrogen-bond donors (Lipinski definition) is 1. The average Bonchev–Trinajstić information content (AvgIpc) is 3.15. The van der Waals surface area contributed by atoms with Gasteiger partial charge in [-0.25, -0.2) is 4.79 Å². The normalized spacial score (nSPS) is 30.5. The first-order valence-electron chi connectivity index (χ1n) is 7.73. The Balaban J connectivity index is 2.01. The highest BCUT2D eigenvalue weighted by Gasteiger charge is 2.51. The van der Waals surface area contributed by atoms with Gasteiger partial charge in [-0.05, 0) is 45.7 Å². The van der Waals surface area contributed by atoms with E-state index in [9.17, 15) is 4.79 Å². The van der Waals surface area contributed by atoms with Gasteiger partial charge in [-0.2, -0.15) is 0 Å². The van der Waals surface area contributed by atoms with E-state index >= 15 is 0 Å². The largest absolute Gasteiger partial charge is 0.465 e. The highest BCUT2D eigenvalue weighted by Crippen LogP contribution is 2.40. The number of esters is 1. The van der Waals surface area contributed by atoms with Crippen LogP contribution in [0.15, 0.2) is 0 Å². The number of carbonyl (C=O) groups is 1. The van der Waals surface area contributed by atoms with Gasteiger partial charge in [0.1, 0.15) is 5.54 Å². The maximum absolute atomic E-state index is 12.2. The van der Waals surface area contributed by atoms with Gasteiger partial charge >= 0.3 is 5.97 Å². The maximum Gasteiger partial charge on any atom is 0.327 e. The first kappa shape index (κ1) is 15.7. The smallest absolute Gasteiger partial charge is 0.327 e. The van der Waals surface area contributed by atoms with Crippen LogP contribution in [0.2, 0.25) is 0 Å². The summed E-state index contributed by atoms with van der Waals surface area (Å²) in [6, 6.07) is 0.542. The second-order valence-corrected chi connectivity index (χ2v) is 6.74. The fourth-order valence-corrected chi connectivity index (χ4v) is 3.44. The van der Waals surface area contributed by atoms with Crippen LogP contribution in [0.25, 0.3) is 0 Å². The van der Waals surface area contributed by atoms with Crippen molar-refractivity contribution < 1.29 is 9.53 Å². The number of nitrogens with zero attached hydrogens (tertiary/aromatic N) is 2. The second-order valence-electron chi connectivity index (χ2n) is 6.74. The highest BCUT2D eigenvalue weighted by molar-refractivity contribution is 5.82. The number of nitrogens with two attached hydrogens (primary N) is 1. The summed E-state index contributed by atoms with van der Waals surface area (Å²) < 4.78 is 5.22. The van der Waals surface area contributed by atoms with Gasteiger partial charge in [-0.3, -0.25) is 4.90 Å². The summed E-state index contributed by atoms with van der Waals surface area (Å²) in [6.45, 7) is 7.13. The van der Waals surface area contributed by atoms with E-state index in [1.54, 1.807) is 0 Å². The molecule has 0 radical (unpaired) electrons. The number of likely N-dealkylation sites (N-methyl/N-ethyl adjacent to an activating group) is 1. The van der Waals surface area contributed by atoms with Crippen LogP contribution < -0.4 is 5.73 Å². The van der Waals surface area contributed by atoms with E-state index < -0.39 is 5.54 Å². The summed E-state index contributed by atoms with van der Waals surface area (Å²) >= 11 is 0. The molecule has 2 rings (SSSR count). The lowest BCUT2D eigenvalue weighted by atomic mass is 9.94. The minimum Gasteiger partial charge on any atom is -0.465 e. The molecule has 2 N–H and O–H groups in total. The lowest BCUT2D eigenvalue weighted by Gasteiger charge is -2.32. The number of carbonyl (C=O) groups excluding carboxylic acids is 1. The average molecular weight is 283 g/mol. The predicted octanol–water partition coefficient (Wildman–Crippen LogP) is 0.539. The molecule has 2 aliphatic rings. The molecule has 1 saturated heterocycles. The van der Waals surface area contributed by atoms with Crippen molar-refractivity contribution in [2.75, 3.05) is 40.3 Å². The molecule has 5 nitrogen and oxygen atoms in total. The Morgan fingerprint density at radius 1 is 1.40 bits per heavy atom. The van der Waals surface area contributed by atoms with Crippen LogP contribution in [0.3, 0.4) is 0 Å². The van der Waals surface area contributed by atoms with Gasteiger partial charge in [0.2, 0.25) is 0 Å². The lowest BCUT2D eigenvalue weighted by Crippen LogP contribution is -2.58. The molecule has 20 heavy (non-hydrogen) atoms. The van der Waals surface area contributed by atoms with Gasteiger partial charge < -0.3 is 15.4 Å². The highest BCUT2D eigenvalue weighted by atomic mass is 16.5. The van der Waals surface area contributed by atoms with Crippen molar-refractivity contribution >= 4 is 5.97 Å². The van der Waals surface area contributed by atoms with Gasteiger partial charge in [0.25, 0.3) is 0 Å². The van der Waals surface area contributed by atoms with Crippen LogP contribution >= 0.6 is 0 Å². The Labute approximate surface area is 122 Å². The second kappa shape index (κ2) is 6.00. The zero-order valence-corrected chi connectivity index (χ0v) is 13.3. The van der Waals surface area contributed by atoms with Gasteiger partial charge in [-0.15, -0.1) is 0 Å². The van der Waals surface area contributed by atoms with E-state index in [-0.39, 0.29) is 5.97 Å². The number of ether oxygens (including phenoxy) is 1. The van der Waals surface area contributed by atoms with E-state index in [4.69, 9.17) is 10.5 Å². The third kappa shape index (κ3) is 3.15. The zero-order chi connectivity index (χ0) is 14.9. The predicted molar refractivity (Wildman–Crippen MR) is 79.4 cm³/mol. The van der Waals surface area contributed by atoms with Crippen molar-refractivity contribution in [1.29, 1.82) is 0 Å². The molecular formula is C15H29N3O2. The summed E-state index contributed by atoms with van der Waals surface area (Å²) in [5.41, 5.74) is 5.64. The van der Waals surface area contributed by atoms with Crippen LogP contribution in [0.1, 0.15) is 26.7 Å². The molecule has 0 amide bonds. The number of rotatable bonds is 6. The minimum absolute atomic E-state index is 0.219. The quantitative estimate of drug-likeness (QED) is 0.721. The fraction of sp³-hybridized carbons (Fsp3) is 0.933. The Morgan fingerprint density at radius 3 is 2.50 bits per heavy atom. The molecule has 1 saturated carbocycles. The molecular weight excluding hydrogens is 254 g/mol. The number of hydrogen-bond acceptors (Lipinski definition) is 5. The van der Waals surface area contributed by atoms with Gasteiger partial charge in [0, 0.05) is 25.7 Å². The van der Waals surface area contributed by atoms with E-state index in [1.165, 1.54) is 0 Å². The zero-order valence-electron chi connectivity index (χ0n) is 13.3. The van der Waals surface area contributed by atoms with Crippen LogP contribution in [0, 0.1) is 11.8 Å². The summed E-state index contributed by atoms with van der Waals surface area (Å²) in [6.07, 6.45) is 2.10. The Bertz CT molecular complexity index is 357. The summed E-state index contributed by atoms with van der Waals surface area (Å²) in [7, 11) is 4.24. The molecule has 3 atom stereocenters. The molecule has 0 bridgehead atoms. The van der Waals surface area contributed by atoms with Crippen molar-refractivity contribution in [3.8, 4) is 0 Å². The van der Waals surface area contributed by atoms with Crippen LogP contribution in [-0.4, -0.2) is 67.7 Å². The SMILES string of the molecule is CCOC(=O)C(N)(CN1CC(C)C(N(C)C)C1)C1CC1. The molecule has 0 aromatic rings. The van der Waals surface area contributed by atoms with Crippen molar-refractivity contribution in [1.82, 2.24) is 9.80 Å². The summed E-state index contributed by atoms with van der Waals surface area (Å²) in [5.74, 6) is 0.689. The Kier molecular flexibility index (Phi) is 4.72. The molecule has 2 fully saturated rings. The van der Waals surface area contributed by atoms with Crippen molar-refractivity contribution in [3.05, 3.63) is 0 Å². The number of likely N-dealkylation sites (tertiary alicyclic amines) is 1.